The first kappa shape index (κ1) is 6.03. The van der Waals surface area contributed by atoms with E-state index in [1.165, 1.54) is 7.11 Å². The number of hydrogen-bond donors (Lipinski definition) is 0. The molecule has 14 heavy (non-hydrogen) atoms. The van der Waals surface area contributed by atoms with Crippen molar-refractivity contribution < 1.29 is 13.6 Å². The van der Waals surface area contributed by atoms with E-state index in [2.05, 4.69) is 5.10 Å². The molecule has 74 valence electrons. The topological polar surface area (TPSA) is 35.8 Å². The van der Waals surface area contributed by atoms with Crippen LogP contribution in [0.15, 0.2) is 24.5 Å². The van der Waals surface area contributed by atoms with Gasteiger partial charge < -0.3 is 9.47 Å². The summed E-state index contributed by atoms with van der Waals surface area (Å²) in [5.41, 5.74) is 1.45. The Morgan fingerprint density at radius 2 is 2.50 bits per heavy atom. The standard InChI is InChI=1S/C10H12N2O2/c1-13-7-8-4-6-12-9(3-5-11-12)10(8)14-2/h3-6H,7H2,1-2H3/i1D3. The van der Waals surface area contributed by atoms with Gasteiger partial charge in [0.15, 0.2) is 0 Å². The lowest BCUT2D eigenvalue weighted by Crippen LogP contribution is -1.97. The van der Waals surface area contributed by atoms with Gasteiger partial charge in [0.2, 0.25) is 0 Å². The van der Waals surface area contributed by atoms with Crippen molar-refractivity contribution in [3.8, 4) is 5.75 Å². The van der Waals surface area contributed by atoms with Gasteiger partial charge in [-0.15, -0.1) is 0 Å². The van der Waals surface area contributed by atoms with Crippen LogP contribution < -0.4 is 4.74 Å². The number of methoxy groups -OCH3 is 2. The van der Waals surface area contributed by atoms with Crippen molar-refractivity contribution in [3.63, 3.8) is 0 Å². The third kappa shape index (κ3) is 1.33. The van der Waals surface area contributed by atoms with E-state index in [0.717, 1.165) is 5.52 Å². The zero-order valence-electron chi connectivity index (χ0n) is 10.7. The second-order valence-corrected chi connectivity index (χ2v) is 2.82. The van der Waals surface area contributed by atoms with E-state index in [0.29, 0.717) is 11.3 Å². The quantitative estimate of drug-likeness (QED) is 0.744. The van der Waals surface area contributed by atoms with E-state index in [1.807, 2.05) is 0 Å². The molecule has 0 aliphatic heterocycles. The minimum absolute atomic E-state index is 0.0264. The molecule has 2 heterocycles. The van der Waals surface area contributed by atoms with E-state index in [1.54, 1.807) is 29.0 Å². The molecule has 2 aromatic rings. The Balaban J connectivity index is 2.33. The molecular formula is C10H12N2O2. The van der Waals surface area contributed by atoms with Gasteiger partial charge in [0.1, 0.15) is 11.3 Å². The van der Waals surface area contributed by atoms with Gasteiger partial charge in [-0.1, -0.05) is 0 Å². The van der Waals surface area contributed by atoms with E-state index < -0.39 is 7.04 Å². The van der Waals surface area contributed by atoms with Crippen molar-refractivity contribution >= 4 is 5.52 Å². The summed E-state index contributed by atoms with van der Waals surface area (Å²) >= 11 is 0. The lowest BCUT2D eigenvalue weighted by molar-refractivity contribution is 0.181. The molecule has 2 rings (SSSR count). The molecule has 0 spiro atoms. The summed E-state index contributed by atoms with van der Waals surface area (Å²) in [6.07, 6.45) is 3.38. The van der Waals surface area contributed by atoms with Gasteiger partial charge >= 0.3 is 0 Å². The Kier molecular flexibility index (Phi) is 1.58. The van der Waals surface area contributed by atoms with Crippen LogP contribution >= 0.6 is 0 Å². The van der Waals surface area contributed by atoms with Crippen LogP contribution in [0.4, 0.5) is 0 Å². The predicted octanol–water partition coefficient (Wildman–Crippen LogP) is 1.49. The van der Waals surface area contributed by atoms with E-state index in [4.69, 9.17) is 13.6 Å². The summed E-state index contributed by atoms with van der Waals surface area (Å²) in [7, 11) is -0.876. The smallest absolute Gasteiger partial charge is 0.150 e. The number of rotatable bonds is 3. The Bertz CT molecular complexity index is 522. The van der Waals surface area contributed by atoms with Gasteiger partial charge in [-0.25, -0.2) is 4.52 Å². The number of nitrogens with zero attached hydrogens (tertiary/aromatic N) is 2. The second kappa shape index (κ2) is 3.67. The highest BCUT2D eigenvalue weighted by Crippen LogP contribution is 2.24. The van der Waals surface area contributed by atoms with Crippen molar-refractivity contribution in [2.45, 2.75) is 6.61 Å². The van der Waals surface area contributed by atoms with Crippen LogP contribution in [0.2, 0.25) is 0 Å². The molecule has 0 aliphatic rings. The van der Waals surface area contributed by atoms with Gasteiger partial charge in [0.25, 0.3) is 0 Å². The normalized spacial score (nSPS) is 14.8. The molecule has 0 bridgehead atoms. The van der Waals surface area contributed by atoms with Crippen molar-refractivity contribution in [3.05, 3.63) is 30.1 Å². The van der Waals surface area contributed by atoms with Crippen LogP contribution in [0.3, 0.4) is 0 Å². The number of fused-ring (bicyclic) bond motifs is 1. The highest BCUT2D eigenvalue weighted by Gasteiger charge is 2.07. The average Bonchev–Trinajstić information content (AvgIpc) is 2.72. The third-order valence-corrected chi connectivity index (χ3v) is 2.04. The second-order valence-electron chi connectivity index (χ2n) is 2.82. The highest BCUT2D eigenvalue weighted by atomic mass is 16.5. The van der Waals surface area contributed by atoms with Gasteiger partial charge in [0, 0.05) is 18.8 Å². The van der Waals surface area contributed by atoms with E-state index >= 15 is 0 Å². The minimum Gasteiger partial charge on any atom is -0.494 e. The summed E-state index contributed by atoms with van der Waals surface area (Å²) in [6.45, 7) is -0.0264. The van der Waals surface area contributed by atoms with Crippen LogP contribution in [0.25, 0.3) is 5.52 Å². The lowest BCUT2D eigenvalue weighted by Gasteiger charge is -2.08. The molecule has 0 aromatic carbocycles. The average molecular weight is 195 g/mol. The molecular weight excluding hydrogens is 180 g/mol. The molecule has 4 heteroatoms. The van der Waals surface area contributed by atoms with Crippen molar-refractivity contribution in [1.29, 1.82) is 0 Å². The Morgan fingerprint density at radius 3 is 3.29 bits per heavy atom. The maximum atomic E-state index is 6.99. The fourth-order valence-electron chi connectivity index (χ4n) is 1.44. The Morgan fingerprint density at radius 1 is 1.57 bits per heavy atom. The maximum Gasteiger partial charge on any atom is 0.150 e. The molecule has 0 fully saturated rings. The molecule has 2 aromatic heterocycles. The number of aromatic nitrogens is 2. The van der Waals surface area contributed by atoms with Crippen LogP contribution in [0.5, 0.6) is 5.75 Å². The molecule has 0 amide bonds. The summed E-state index contributed by atoms with van der Waals surface area (Å²) in [6, 6.07) is 3.52. The molecule has 4 nitrogen and oxygen atoms in total. The lowest BCUT2D eigenvalue weighted by atomic mass is 10.2. The number of hydrogen-bond acceptors (Lipinski definition) is 3. The molecule has 0 unspecified atom stereocenters. The zero-order chi connectivity index (χ0) is 12.5. The van der Waals surface area contributed by atoms with Crippen LogP contribution in [-0.4, -0.2) is 23.8 Å². The molecule has 0 saturated heterocycles. The molecule has 0 N–H and O–H groups in total. The first-order valence-electron chi connectivity index (χ1n) is 5.64. The van der Waals surface area contributed by atoms with Gasteiger partial charge in [-0.2, -0.15) is 5.10 Å². The summed E-state index contributed by atoms with van der Waals surface area (Å²) in [5.74, 6) is 0.578. The van der Waals surface area contributed by atoms with Crippen molar-refractivity contribution in [2.75, 3.05) is 14.1 Å². The Hall–Kier alpha value is -1.55. The first-order valence-corrected chi connectivity index (χ1v) is 4.14. The van der Waals surface area contributed by atoms with Crippen LogP contribution in [0, 0.1) is 0 Å². The van der Waals surface area contributed by atoms with E-state index in [9.17, 15) is 0 Å². The third-order valence-electron chi connectivity index (χ3n) is 2.04. The van der Waals surface area contributed by atoms with Crippen molar-refractivity contribution in [2.24, 2.45) is 0 Å². The first-order chi connectivity index (χ1) is 8.01. The zero-order valence-corrected chi connectivity index (χ0v) is 7.73. The van der Waals surface area contributed by atoms with Crippen LogP contribution in [-0.2, 0) is 11.3 Å². The SMILES string of the molecule is [2H]C([2H])([2H])OCc1ccn2nccc2c1OC. The van der Waals surface area contributed by atoms with Crippen molar-refractivity contribution in [1.82, 2.24) is 9.61 Å². The summed E-state index contributed by atoms with van der Waals surface area (Å²) in [5, 5.41) is 4.06. The Labute approximate surface area is 86.3 Å². The summed E-state index contributed by atoms with van der Waals surface area (Å²) in [4.78, 5) is 0. The molecule has 0 radical (unpaired) electrons. The highest BCUT2D eigenvalue weighted by molar-refractivity contribution is 5.62. The van der Waals surface area contributed by atoms with Gasteiger partial charge in [-0.3, -0.25) is 0 Å². The van der Waals surface area contributed by atoms with Gasteiger partial charge in [-0.05, 0) is 12.1 Å². The molecule has 0 atom stereocenters. The largest absolute Gasteiger partial charge is 0.494 e. The predicted molar refractivity (Wildman–Crippen MR) is 52.5 cm³/mol. The van der Waals surface area contributed by atoms with Crippen LogP contribution in [0.1, 0.15) is 9.68 Å². The summed E-state index contributed by atoms with van der Waals surface area (Å²) < 4.78 is 32.7. The monoisotopic (exact) mass is 195 g/mol. The number of ether oxygens (including phenoxy) is 2. The van der Waals surface area contributed by atoms with Gasteiger partial charge in [0.05, 0.1) is 24.0 Å². The molecule has 0 saturated carbocycles. The van der Waals surface area contributed by atoms with E-state index in [-0.39, 0.29) is 6.61 Å². The minimum atomic E-state index is -2.41. The number of pyridine rings is 1. The maximum absolute atomic E-state index is 6.99. The molecule has 0 aliphatic carbocycles. The fraction of sp³-hybridized carbons (Fsp3) is 0.300. The fourth-order valence-corrected chi connectivity index (χ4v) is 1.44.